The number of nitrogens with two attached hydrogens (primary N) is 2. The first-order valence-electron chi connectivity index (χ1n) is 9.80. The Hall–Kier alpha value is -3.68. The lowest BCUT2D eigenvalue weighted by molar-refractivity contribution is -0.169. The molecule has 158 valence electrons. The molecule has 30 heavy (non-hydrogen) atoms. The number of hydrogen-bond donors (Lipinski definition) is 2. The molecule has 1 spiro atoms. The summed E-state index contributed by atoms with van der Waals surface area (Å²) in [5.41, 5.74) is 9.94. The summed E-state index contributed by atoms with van der Waals surface area (Å²) in [5, 5.41) is 0. The number of β-lactam (4-membered cyclic amide) rings is 4. The van der Waals surface area contributed by atoms with E-state index in [-0.39, 0.29) is 22.7 Å². The topological polar surface area (TPSA) is 127 Å². The van der Waals surface area contributed by atoms with Crippen LogP contribution in [0.2, 0.25) is 0 Å². The van der Waals surface area contributed by atoms with E-state index in [1.54, 1.807) is 24.3 Å². The van der Waals surface area contributed by atoms with Gasteiger partial charge in [0, 0.05) is 0 Å². The number of rotatable bonds is 2. The molecule has 0 atom stereocenters. The summed E-state index contributed by atoms with van der Waals surface area (Å²) in [7, 11) is 0. The van der Waals surface area contributed by atoms with E-state index in [2.05, 4.69) is 13.8 Å². The van der Waals surface area contributed by atoms with E-state index >= 15 is 0 Å². The summed E-state index contributed by atoms with van der Waals surface area (Å²) in [4.78, 5) is 51.8. The van der Waals surface area contributed by atoms with E-state index in [1.165, 1.54) is 30.7 Å². The molecule has 0 bridgehead atoms. The normalized spacial score (nSPS) is 16.1. The Kier molecular flexibility index (Phi) is 6.61. The molecule has 2 fully saturated rings. The number of hydrogen-bond acceptors (Lipinski definition) is 6. The van der Waals surface area contributed by atoms with Crippen molar-refractivity contribution in [1.29, 1.82) is 0 Å². The number of nitrogens with zero attached hydrogens (tertiary/aromatic N) is 2. The fourth-order valence-electron chi connectivity index (χ4n) is 3.12. The van der Waals surface area contributed by atoms with Gasteiger partial charge in [-0.05, 0) is 24.3 Å². The number of carbonyl (C=O) groups excluding carboxylic acids is 4. The average Bonchev–Trinajstić information content (AvgIpc) is 2.74. The molecule has 0 aliphatic carbocycles. The maximum absolute atomic E-state index is 12.6. The number of para-hydroxylation sites is 4. The van der Waals surface area contributed by atoms with Gasteiger partial charge >= 0.3 is 0 Å². The summed E-state index contributed by atoms with van der Waals surface area (Å²) in [6.45, 7) is 8.25. The zero-order valence-corrected chi connectivity index (χ0v) is 17.5. The van der Waals surface area contributed by atoms with Crippen molar-refractivity contribution in [2.75, 3.05) is 21.3 Å². The third-order valence-electron chi connectivity index (χ3n) is 4.45. The summed E-state index contributed by atoms with van der Waals surface area (Å²) in [6.07, 6.45) is 1.25. The van der Waals surface area contributed by atoms with Gasteiger partial charge in [0.05, 0.1) is 22.7 Å². The Morgan fingerprint density at radius 1 is 0.667 bits per heavy atom. The van der Waals surface area contributed by atoms with Crippen molar-refractivity contribution < 1.29 is 19.2 Å². The van der Waals surface area contributed by atoms with Crippen molar-refractivity contribution in [3.05, 3.63) is 48.5 Å². The Labute approximate surface area is 175 Å². The van der Waals surface area contributed by atoms with Crippen LogP contribution in [0.5, 0.6) is 0 Å². The Bertz CT molecular complexity index is 887. The lowest BCUT2D eigenvalue weighted by atomic mass is 9.68. The van der Waals surface area contributed by atoms with Crippen molar-refractivity contribution >= 4 is 46.4 Å². The molecule has 2 aromatic carbocycles. The first-order valence-corrected chi connectivity index (χ1v) is 9.80. The quantitative estimate of drug-likeness (QED) is 0.445. The first-order chi connectivity index (χ1) is 14.3. The fourth-order valence-corrected chi connectivity index (χ4v) is 3.12. The highest BCUT2D eigenvalue weighted by molar-refractivity contribution is 6.64. The fraction of sp³-hybridized carbons (Fsp3) is 0.273. The van der Waals surface area contributed by atoms with Crippen molar-refractivity contribution in [3.8, 4) is 0 Å². The van der Waals surface area contributed by atoms with Gasteiger partial charge in [0.1, 0.15) is 0 Å². The van der Waals surface area contributed by atoms with Crippen LogP contribution in [0, 0.1) is 5.41 Å². The van der Waals surface area contributed by atoms with Crippen LogP contribution in [0.15, 0.2) is 48.5 Å². The lowest BCUT2D eigenvalue weighted by Gasteiger charge is -2.52. The van der Waals surface area contributed by atoms with Crippen LogP contribution in [0.25, 0.3) is 0 Å². The van der Waals surface area contributed by atoms with Gasteiger partial charge < -0.3 is 11.5 Å². The SMILES string of the molecule is CC.CCC.Nc1ccccc1N1C(=O)C2(C1=O)C(=O)N(c1ccccc1N)C2=O. The summed E-state index contributed by atoms with van der Waals surface area (Å²) in [6, 6.07) is 12.4. The Balaban J connectivity index is 0.000000590. The van der Waals surface area contributed by atoms with Crippen LogP contribution in [0.4, 0.5) is 22.7 Å². The molecule has 8 heteroatoms. The van der Waals surface area contributed by atoms with Crippen molar-refractivity contribution in [2.45, 2.75) is 34.1 Å². The van der Waals surface area contributed by atoms with Crippen molar-refractivity contribution in [3.63, 3.8) is 0 Å². The average molecular weight is 410 g/mol. The largest absolute Gasteiger partial charge is 0.397 e. The number of benzene rings is 2. The minimum Gasteiger partial charge on any atom is -0.397 e. The highest BCUT2D eigenvalue weighted by Gasteiger charge is 2.81. The molecule has 2 saturated heterocycles. The second-order valence-corrected chi connectivity index (χ2v) is 6.47. The number of amides is 4. The van der Waals surface area contributed by atoms with E-state index < -0.39 is 29.0 Å². The van der Waals surface area contributed by atoms with Gasteiger partial charge in [-0.3, -0.25) is 19.2 Å². The van der Waals surface area contributed by atoms with Crippen LogP contribution >= 0.6 is 0 Å². The van der Waals surface area contributed by atoms with E-state index in [1.807, 2.05) is 13.8 Å². The molecule has 4 amide bonds. The molecule has 2 aromatic rings. The molecule has 0 radical (unpaired) electrons. The molecule has 2 heterocycles. The van der Waals surface area contributed by atoms with Gasteiger partial charge in [-0.25, -0.2) is 9.80 Å². The molecular weight excluding hydrogens is 384 g/mol. The van der Waals surface area contributed by atoms with Crippen molar-refractivity contribution in [2.24, 2.45) is 5.41 Å². The minimum atomic E-state index is -2.30. The summed E-state index contributed by atoms with van der Waals surface area (Å²) >= 11 is 0. The highest BCUT2D eigenvalue weighted by atomic mass is 16.2. The second-order valence-electron chi connectivity index (χ2n) is 6.47. The first kappa shape index (κ1) is 22.6. The predicted octanol–water partition coefficient (Wildman–Crippen LogP) is 2.73. The molecule has 0 saturated carbocycles. The molecule has 0 aromatic heterocycles. The van der Waals surface area contributed by atoms with Gasteiger partial charge in [-0.2, -0.15) is 0 Å². The van der Waals surface area contributed by atoms with Crippen LogP contribution in [-0.4, -0.2) is 23.6 Å². The molecule has 4 rings (SSSR count). The maximum atomic E-state index is 12.6. The molecule has 2 aliphatic heterocycles. The maximum Gasteiger partial charge on any atom is 0.286 e. The highest BCUT2D eigenvalue weighted by Crippen LogP contribution is 2.49. The smallest absolute Gasteiger partial charge is 0.286 e. The molecule has 2 aliphatic rings. The Morgan fingerprint density at radius 3 is 1.20 bits per heavy atom. The summed E-state index contributed by atoms with van der Waals surface area (Å²) < 4.78 is 0. The number of carbonyl (C=O) groups is 4. The minimum absolute atomic E-state index is 0.154. The van der Waals surface area contributed by atoms with Gasteiger partial charge in [-0.15, -0.1) is 0 Å². The van der Waals surface area contributed by atoms with Crippen LogP contribution < -0.4 is 21.3 Å². The predicted molar refractivity (Wildman–Crippen MR) is 116 cm³/mol. The van der Waals surface area contributed by atoms with Gasteiger partial charge in [0.2, 0.25) is 0 Å². The second kappa shape index (κ2) is 8.77. The molecule has 0 unspecified atom stereocenters. The van der Waals surface area contributed by atoms with E-state index in [0.717, 1.165) is 9.80 Å². The third kappa shape index (κ3) is 3.01. The zero-order valence-electron chi connectivity index (χ0n) is 17.5. The monoisotopic (exact) mass is 410 g/mol. The van der Waals surface area contributed by atoms with E-state index in [4.69, 9.17) is 11.5 Å². The number of imide groups is 2. The number of anilines is 4. The van der Waals surface area contributed by atoms with Crippen LogP contribution in [0.1, 0.15) is 34.1 Å². The molecule has 8 nitrogen and oxygen atoms in total. The Morgan fingerprint density at radius 2 is 0.933 bits per heavy atom. The van der Waals surface area contributed by atoms with E-state index in [0.29, 0.717) is 0 Å². The van der Waals surface area contributed by atoms with Crippen molar-refractivity contribution in [1.82, 2.24) is 0 Å². The van der Waals surface area contributed by atoms with E-state index in [9.17, 15) is 19.2 Å². The number of nitrogen functional groups attached to an aromatic ring is 2. The summed E-state index contributed by atoms with van der Waals surface area (Å²) in [5.74, 6) is -3.57. The van der Waals surface area contributed by atoms with Gasteiger partial charge in [0.15, 0.2) is 0 Å². The van der Waals surface area contributed by atoms with Gasteiger partial charge in [-0.1, -0.05) is 58.4 Å². The van der Waals surface area contributed by atoms with Gasteiger partial charge in [0.25, 0.3) is 29.0 Å². The van der Waals surface area contributed by atoms with Crippen LogP contribution in [-0.2, 0) is 19.2 Å². The molecular formula is C22H26N4O4. The standard InChI is InChI=1S/C17H12N4O4.C3H8.C2H6/c18-9-5-1-3-7-11(9)20-13(22)17(14(20)23)15(24)21(16(17)25)12-8-4-2-6-10(12)19;1-3-2;1-2/h1-8H,18-19H2;3H2,1-2H3;1-2H3. The third-order valence-corrected chi connectivity index (χ3v) is 4.45. The van der Waals surface area contributed by atoms with Crippen LogP contribution in [0.3, 0.4) is 0 Å². The lowest BCUT2D eigenvalue weighted by Crippen LogP contribution is -2.85. The molecule has 4 N–H and O–H groups in total. The zero-order chi connectivity index (χ0) is 22.6.